The Hall–Kier alpha value is -5.02. The largest absolute Gasteiger partial charge is 0.491 e. The van der Waals surface area contributed by atoms with Crippen molar-refractivity contribution in [1.82, 2.24) is 0 Å². The fourth-order valence-corrected chi connectivity index (χ4v) is 9.43. The molecule has 2 atom stereocenters. The Balaban J connectivity index is 0.000000271. The molecule has 0 spiro atoms. The van der Waals surface area contributed by atoms with Crippen molar-refractivity contribution in [2.75, 3.05) is 26.4 Å². The predicted molar refractivity (Wildman–Crippen MR) is 260 cm³/mol. The van der Waals surface area contributed by atoms with Crippen LogP contribution in [0.1, 0.15) is 137 Å². The van der Waals surface area contributed by atoms with Crippen molar-refractivity contribution in [3.63, 3.8) is 0 Å². The third kappa shape index (κ3) is 12.2. The number of alkyl halides is 6. The Morgan fingerprint density at radius 1 is 0.571 bits per heavy atom. The normalized spacial score (nSPS) is 18.0. The molecule has 0 amide bonds. The van der Waals surface area contributed by atoms with Crippen LogP contribution in [0.2, 0.25) is 0 Å². The van der Waals surface area contributed by atoms with Crippen LogP contribution in [0, 0.1) is 51.9 Å². The first-order chi connectivity index (χ1) is 32.6. The SMILES string of the molecule is C#Cc1ccc(C(CC)(CC)c2ccc(OC[C@@H]3COC(C)(C)O3)c(C)c2)cc1C.CCC(CC)(c1ccc(C#CC(O)(C(F)(F)F)C(F)(F)F)c(C)c1)c1ccc(OC[C@@H]2COC(C)(C)O2)c(C)c1. The summed E-state index contributed by atoms with van der Waals surface area (Å²) in [6.45, 7) is 25.6. The molecule has 70 heavy (non-hydrogen) atoms. The molecule has 0 radical (unpaired) electrons. The number of ether oxygens (including phenoxy) is 6. The average molecular weight is 979 g/mol. The third-order valence-corrected chi connectivity index (χ3v) is 13.8. The lowest BCUT2D eigenvalue weighted by Crippen LogP contribution is -2.55. The van der Waals surface area contributed by atoms with Gasteiger partial charge in [0, 0.05) is 22.0 Å². The van der Waals surface area contributed by atoms with Crippen LogP contribution in [0.15, 0.2) is 72.8 Å². The summed E-state index contributed by atoms with van der Waals surface area (Å²) in [7, 11) is 0. The van der Waals surface area contributed by atoms with Crippen molar-refractivity contribution in [2.24, 2.45) is 0 Å². The van der Waals surface area contributed by atoms with E-state index in [0.29, 0.717) is 50.6 Å². The highest BCUT2D eigenvalue weighted by molar-refractivity contribution is 5.52. The smallest absolute Gasteiger partial charge is 0.438 e. The minimum atomic E-state index is -6.01. The summed E-state index contributed by atoms with van der Waals surface area (Å²) < 4.78 is 113. The molecule has 2 heterocycles. The Morgan fingerprint density at radius 3 is 1.20 bits per heavy atom. The Kier molecular flexibility index (Phi) is 17.4. The Bertz CT molecular complexity index is 2540. The molecule has 380 valence electrons. The third-order valence-electron chi connectivity index (χ3n) is 13.8. The molecule has 6 rings (SSSR count). The number of rotatable bonds is 14. The van der Waals surface area contributed by atoms with Gasteiger partial charge < -0.3 is 33.5 Å². The molecule has 0 bridgehead atoms. The molecular formula is C57H68F6O7. The maximum atomic E-state index is 13.0. The van der Waals surface area contributed by atoms with Crippen molar-refractivity contribution in [1.29, 1.82) is 0 Å². The van der Waals surface area contributed by atoms with Crippen molar-refractivity contribution >= 4 is 0 Å². The highest BCUT2D eigenvalue weighted by Gasteiger charge is 2.70. The van der Waals surface area contributed by atoms with E-state index in [2.05, 4.69) is 70.0 Å². The van der Waals surface area contributed by atoms with Crippen LogP contribution in [0.25, 0.3) is 0 Å². The summed E-state index contributed by atoms with van der Waals surface area (Å²) >= 11 is 0. The maximum absolute atomic E-state index is 13.0. The zero-order valence-electron chi connectivity index (χ0n) is 42.5. The van der Waals surface area contributed by atoms with Crippen molar-refractivity contribution in [3.8, 4) is 35.7 Å². The van der Waals surface area contributed by atoms with Gasteiger partial charge in [0.15, 0.2) is 11.6 Å². The van der Waals surface area contributed by atoms with Gasteiger partial charge in [0.05, 0.1) is 13.2 Å². The van der Waals surface area contributed by atoms with E-state index in [1.54, 1.807) is 19.1 Å². The zero-order chi connectivity index (χ0) is 52.1. The van der Waals surface area contributed by atoms with Gasteiger partial charge in [-0.3, -0.25) is 0 Å². The number of aliphatic hydroxyl groups is 1. The fourth-order valence-electron chi connectivity index (χ4n) is 9.43. The average Bonchev–Trinajstić information content (AvgIpc) is 3.84. The van der Waals surface area contributed by atoms with E-state index in [0.717, 1.165) is 57.9 Å². The summed E-state index contributed by atoms with van der Waals surface area (Å²) in [5.74, 6) is 6.12. The summed E-state index contributed by atoms with van der Waals surface area (Å²) in [4.78, 5) is 0. The number of hydrogen-bond acceptors (Lipinski definition) is 7. The summed E-state index contributed by atoms with van der Waals surface area (Å²) in [5, 5.41) is 9.37. The van der Waals surface area contributed by atoms with Gasteiger partial charge in [-0.2, -0.15) is 26.3 Å². The van der Waals surface area contributed by atoms with Crippen LogP contribution in [0.5, 0.6) is 11.5 Å². The highest BCUT2D eigenvalue weighted by Crippen LogP contribution is 2.45. The van der Waals surface area contributed by atoms with Crippen LogP contribution in [0.3, 0.4) is 0 Å². The molecule has 2 aliphatic heterocycles. The molecular weight excluding hydrogens is 911 g/mol. The van der Waals surface area contributed by atoms with E-state index in [4.69, 9.17) is 34.8 Å². The first kappa shape index (κ1) is 55.9. The summed E-state index contributed by atoms with van der Waals surface area (Å²) in [6, 6.07) is 23.7. The Labute approximate surface area is 410 Å². The molecule has 4 aromatic carbocycles. The second kappa shape index (κ2) is 21.8. The van der Waals surface area contributed by atoms with Gasteiger partial charge in [-0.25, -0.2) is 0 Å². The van der Waals surface area contributed by atoms with Crippen molar-refractivity contribution < 1.29 is 59.9 Å². The predicted octanol–water partition coefficient (Wildman–Crippen LogP) is 13.1. The quantitative estimate of drug-likeness (QED) is 0.0996. The molecule has 0 saturated carbocycles. The number of benzene rings is 4. The van der Waals surface area contributed by atoms with E-state index in [9.17, 15) is 31.4 Å². The first-order valence-electron chi connectivity index (χ1n) is 23.8. The molecule has 2 aliphatic rings. The van der Waals surface area contributed by atoms with Gasteiger partial charge in [-0.1, -0.05) is 88.1 Å². The molecule has 13 heteroatoms. The molecule has 1 N–H and O–H groups in total. The number of aryl methyl sites for hydroxylation is 4. The van der Waals surface area contributed by atoms with Crippen LogP contribution < -0.4 is 9.47 Å². The van der Waals surface area contributed by atoms with Gasteiger partial charge in [0.1, 0.15) is 36.9 Å². The standard InChI is InChI=1S/C30H34F6O4.C27H34O3/c1-7-27(8-2,23-11-12-25(20(4)16-23)38-17-24-18-39-26(5,6)40-24)22-10-9-21(19(3)15-22)13-14-28(37,29(31,32)33)30(34,35)36;1-8-21-11-12-22(15-19(21)4)27(9-2,10-3)23-13-14-25(20(5)16-23)28-17-24-18-29-26(6,7)30-24/h9-12,15-16,24,37H,7-8,17-18H2,1-6H3;1,11-16,24H,9-10,17-18H2,2-7H3/t2*24-/m11/s1. The first-order valence-corrected chi connectivity index (χ1v) is 23.8. The minimum Gasteiger partial charge on any atom is -0.491 e. The molecule has 0 unspecified atom stereocenters. The number of hydrogen-bond donors (Lipinski definition) is 1. The molecule has 0 aromatic heterocycles. The molecule has 4 aromatic rings. The molecule has 0 aliphatic carbocycles. The van der Waals surface area contributed by atoms with Gasteiger partial charge in [0.25, 0.3) is 0 Å². The zero-order valence-corrected chi connectivity index (χ0v) is 42.5. The lowest BCUT2D eigenvalue weighted by atomic mass is 9.70. The molecule has 7 nitrogen and oxygen atoms in total. The molecule has 2 fully saturated rings. The van der Waals surface area contributed by atoms with Gasteiger partial charge in [-0.15, -0.1) is 6.42 Å². The van der Waals surface area contributed by atoms with E-state index >= 15 is 0 Å². The number of terminal acetylenes is 1. The Morgan fingerprint density at radius 2 is 0.914 bits per heavy atom. The van der Waals surface area contributed by atoms with E-state index < -0.39 is 34.9 Å². The van der Waals surface area contributed by atoms with Crippen molar-refractivity contribution in [3.05, 3.63) is 128 Å². The molecule has 2 saturated heterocycles. The van der Waals surface area contributed by atoms with Gasteiger partial charge in [-0.05, 0) is 156 Å². The van der Waals surface area contributed by atoms with Gasteiger partial charge in [0.2, 0.25) is 0 Å². The lowest BCUT2D eigenvalue weighted by molar-refractivity contribution is -0.343. The monoisotopic (exact) mass is 978 g/mol. The summed E-state index contributed by atoms with van der Waals surface area (Å²) in [6.07, 6.45) is -3.22. The second-order valence-corrected chi connectivity index (χ2v) is 19.2. The second-order valence-electron chi connectivity index (χ2n) is 19.2. The topological polar surface area (TPSA) is 75.6 Å². The number of halogens is 6. The van der Waals surface area contributed by atoms with Crippen LogP contribution in [0.4, 0.5) is 26.3 Å². The van der Waals surface area contributed by atoms with Gasteiger partial charge >= 0.3 is 18.0 Å². The van der Waals surface area contributed by atoms with E-state index in [1.165, 1.54) is 17.2 Å². The van der Waals surface area contributed by atoms with E-state index in [1.807, 2.05) is 72.6 Å². The minimum absolute atomic E-state index is 0.0397. The lowest BCUT2D eigenvalue weighted by Gasteiger charge is -2.34. The summed E-state index contributed by atoms with van der Waals surface area (Å²) in [5.41, 5.74) is 3.30. The van der Waals surface area contributed by atoms with Crippen LogP contribution >= 0.6 is 0 Å². The highest BCUT2D eigenvalue weighted by atomic mass is 19.4. The van der Waals surface area contributed by atoms with Crippen LogP contribution in [-0.2, 0) is 29.8 Å². The fraction of sp³-hybridized carbons (Fsp3) is 0.509. The maximum Gasteiger partial charge on any atom is 0.438 e. The van der Waals surface area contributed by atoms with Crippen molar-refractivity contribution in [2.45, 2.75) is 161 Å². The van der Waals surface area contributed by atoms with Crippen LogP contribution in [-0.4, -0.2) is 73.3 Å². The van der Waals surface area contributed by atoms with E-state index in [-0.39, 0.29) is 23.2 Å².